The van der Waals surface area contributed by atoms with E-state index in [0.29, 0.717) is 6.54 Å². The van der Waals surface area contributed by atoms with Crippen LogP contribution in [0.25, 0.3) is 0 Å². The van der Waals surface area contributed by atoms with Gasteiger partial charge in [0.2, 0.25) is 0 Å². The van der Waals surface area contributed by atoms with E-state index in [1.54, 1.807) is 0 Å². The van der Waals surface area contributed by atoms with E-state index in [4.69, 9.17) is 11.5 Å². The van der Waals surface area contributed by atoms with Crippen molar-refractivity contribution in [2.24, 2.45) is 16.5 Å². The zero-order chi connectivity index (χ0) is 12.8. The predicted molar refractivity (Wildman–Crippen MR) is 89.8 cm³/mol. The van der Waals surface area contributed by atoms with Gasteiger partial charge in [-0.1, -0.05) is 18.9 Å². The lowest BCUT2D eigenvalue weighted by Crippen LogP contribution is -2.24. The van der Waals surface area contributed by atoms with Crippen LogP contribution in [0.5, 0.6) is 0 Å². The lowest BCUT2D eigenvalue weighted by atomic mass is 10.2. The van der Waals surface area contributed by atoms with Crippen LogP contribution in [0.4, 0.5) is 5.82 Å². The predicted octanol–water partition coefficient (Wildman–Crippen LogP) is 1.85. The number of rotatable bonds is 3. The largest absolute Gasteiger partial charge is 0.370 e. The molecule has 1 aliphatic rings. The standard InChI is InChI=1S/C13H21N5.HI/c14-13(15)17-10-11-5-6-12(16-9-11)18-7-3-1-2-4-8-18;/h5-6,9H,1-4,7-8,10H2,(H4,14,15,17);1H. The van der Waals surface area contributed by atoms with E-state index in [1.807, 2.05) is 12.3 Å². The fourth-order valence-electron chi connectivity index (χ4n) is 2.18. The van der Waals surface area contributed by atoms with E-state index < -0.39 is 0 Å². The van der Waals surface area contributed by atoms with Gasteiger partial charge in [0.1, 0.15) is 5.82 Å². The van der Waals surface area contributed by atoms with Crippen molar-refractivity contribution in [1.82, 2.24) is 4.98 Å². The molecule has 1 fully saturated rings. The molecule has 19 heavy (non-hydrogen) atoms. The molecule has 2 rings (SSSR count). The summed E-state index contributed by atoms with van der Waals surface area (Å²) < 4.78 is 0. The van der Waals surface area contributed by atoms with Crippen molar-refractivity contribution >= 4 is 35.8 Å². The Morgan fingerprint density at radius 2 is 1.84 bits per heavy atom. The summed E-state index contributed by atoms with van der Waals surface area (Å²) in [6.45, 7) is 2.72. The summed E-state index contributed by atoms with van der Waals surface area (Å²) in [5.41, 5.74) is 11.6. The molecule has 5 nitrogen and oxygen atoms in total. The highest BCUT2D eigenvalue weighted by atomic mass is 127. The molecule has 6 heteroatoms. The third-order valence-electron chi connectivity index (χ3n) is 3.18. The molecule has 1 aromatic rings. The van der Waals surface area contributed by atoms with Crippen LogP contribution in [0.3, 0.4) is 0 Å². The van der Waals surface area contributed by atoms with Gasteiger partial charge < -0.3 is 16.4 Å². The third kappa shape index (κ3) is 5.22. The number of anilines is 1. The van der Waals surface area contributed by atoms with Crippen molar-refractivity contribution < 1.29 is 0 Å². The van der Waals surface area contributed by atoms with Crippen molar-refractivity contribution in [1.29, 1.82) is 0 Å². The number of guanidine groups is 1. The number of halogens is 1. The molecule has 1 aromatic heterocycles. The monoisotopic (exact) mass is 375 g/mol. The Labute approximate surface area is 131 Å². The average molecular weight is 375 g/mol. The van der Waals surface area contributed by atoms with Crippen LogP contribution in [0.2, 0.25) is 0 Å². The van der Waals surface area contributed by atoms with E-state index in [1.165, 1.54) is 25.7 Å². The number of hydrogen-bond acceptors (Lipinski definition) is 3. The van der Waals surface area contributed by atoms with Gasteiger partial charge in [-0.25, -0.2) is 9.98 Å². The quantitative estimate of drug-likeness (QED) is 0.480. The Morgan fingerprint density at radius 1 is 1.16 bits per heavy atom. The summed E-state index contributed by atoms with van der Waals surface area (Å²) >= 11 is 0. The van der Waals surface area contributed by atoms with E-state index in [0.717, 1.165) is 24.5 Å². The van der Waals surface area contributed by atoms with E-state index in [-0.39, 0.29) is 29.9 Å². The summed E-state index contributed by atoms with van der Waals surface area (Å²) in [5.74, 6) is 1.18. The molecule has 0 amide bonds. The summed E-state index contributed by atoms with van der Waals surface area (Å²) in [6, 6.07) is 4.10. The molecule has 0 spiro atoms. The first kappa shape index (κ1) is 16.0. The molecule has 0 atom stereocenters. The van der Waals surface area contributed by atoms with Gasteiger partial charge in [-0.2, -0.15) is 0 Å². The fourth-order valence-corrected chi connectivity index (χ4v) is 2.18. The normalized spacial score (nSPS) is 15.3. The lowest BCUT2D eigenvalue weighted by Gasteiger charge is -2.21. The minimum Gasteiger partial charge on any atom is -0.370 e. The summed E-state index contributed by atoms with van der Waals surface area (Å²) in [6.07, 6.45) is 7.04. The Bertz CT molecular complexity index is 392. The number of nitrogens with two attached hydrogens (primary N) is 2. The summed E-state index contributed by atoms with van der Waals surface area (Å²) in [5, 5.41) is 0. The highest BCUT2D eigenvalue weighted by Gasteiger charge is 2.10. The Hall–Kier alpha value is -1.05. The highest BCUT2D eigenvalue weighted by molar-refractivity contribution is 14.0. The van der Waals surface area contributed by atoms with Crippen molar-refractivity contribution in [3.05, 3.63) is 23.9 Å². The topological polar surface area (TPSA) is 80.5 Å². The SMILES string of the molecule is I.NC(N)=NCc1ccc(N2CCCCCC2)nc1. The number of pyridine rings is 1. The van der Waals surface area contributed by atoms with E-state index in [9.17, 15) is 0 Å². The molecule has 1 saturated heterocycles. The number of hydrogen-bond donors (Lipinski definition) is 2. The minimum absolute atomic E-state index is 0. The molecule has 106 valence electrons. The Balaban J connectivity index is 0.00000180. The van der Waals surface area contributed by atoms with Gasteiger partial charge in [-0.15, -0.1) is 24.0 Å². The fraction of sp³-hybridized carbons (Fsp3) is 0.538. The van der Waals surface area contributed by atoms with Gasteiger partial charge in [0.05, 0.1) is 6.54 Å². The van der Waals surface area contributed by atoms with Crippen LogP contribution in [0.15, 0.2) is 23.3 Å². The zero-order valence-corrected chi connectivity index (χ0v) is 13.4. The maximum absolute atomic E-state index is 5.30. The van der Waals surface area contributed by atoms with Gasteiger partial charge >= 0.3 is 0 Å². The van der Waals surface area contributed by atoms with E-state index >= 15 is 0 Å². The van der Waals surface area contributed by atoms with Gasteiger partial charge in [0.25, 0.3) is 0 Å². The zero-order valence-electron chi connectivity index (χ0n) is 11.1. The summed E-state index contributed by atoms with van der Waals surface area (Å²) in [7, 11) is 0. The first-order chi connectivity index (χ1) is 8.75. The van der Waals surface area contributed by atoms with Crippen molar-refractivity contribution in [3.8, 4) is 0 Å². The van der Waals surface area contributed by atoms with E-state index in [2.05, 4.69) is 20.9 Å². The maximum Gasteiger partial charge on any atom is 0.186 e. The average Bonchev–Trinajstić information content (AvgIpc) is 2.66. The molecule has 2 heterocycles. The van der Waals surface area contributed by atoms with Crippen LogP contribution in [0.1, 0.15) is 31.2 Å². The molecule has 0 radical (unpaired) electrons. The van der Waals surface area contributed by atoms with Crippen molar-refractivity contribution in [3.63, 3.8) is 0 Å². The van der Waals surface area contributed by atoms with Crippen LogP contribution in [-0.4, -0.2) is 24.0 Å². The summed E-state index contributed by atoms with van der Waals surface area (Å²) in [4.78, 5) is 10.8. The maximum atomic E-state index is 5.30. The molecule has 0 saturated carbocycles. The van der Waals surface area contributed by atoms with Crippen LogP contribution < -0.4 is 16.4 Å². The molecule has 0 aromatic carbocycles. The van der Waals surface area contributed by atoms with Crippen molar-refractivity contribution in [2.45, 2.75) is 32.2 Å². The second kappa shape index (κ2) is 8.19. The number of aromatic nitrogens is 1. The molecule has 4 N–H and O–H groups in total. The molecule has 0 aliphatic carbocycles. The molecule has 0 bridgehead atoms. The Morgan fingerprint density at radius 3 is 2.37 bits per heavy atom. The first-order valence-corrected chi connectivity index (χ1v) is 6.51. The minimum atomic E-state index is 0. The second-order valence-electron chi connectivity index (χ2n) is 4.67. The van der Waals surface area contributed by atoms with Gasteiger partial charge in [0.15, 0.2) is 5.96 Å². The molecular formula is C13H22IN5. The van der Waals surface area contributed by atoms with Crippen LogP contribution in [-0.2, 0) is 6.54 Å². The van der Waals surface area contributed by atoms with Crippen molar-refractivity contribution in [2.75, 3.05) is 18.0 Å². The number of nitrogens with zero attached hydrogens (tertiary/aromatic N) is 3. The third-order valence-corrected chi connectivity index (χ3v) is 3.18. The Kier molecular flexibility index (Phi) is 6.90. The molecule has 0 unspecified atom stereocenters. The molecule has 1 aliphatic heterocycles. The van der Waals surface area contributed by atoms with Gasteiger partial charge in [-0.05, 0) is 24.5 Å². The van der Waals surface area contributed by atoms with Gasteiger partial charge in [-0.3, -0.25) is 0 Å². The smallest absolute Gasteiger partial charge is 0.186 e. The first-order valence-electron chi connectivity index (χ1n) is 6.51. The second-order valence-corrected chi connectivity index (χ2v) is 4.67. The van der Waals surface area contributed by atoms with Crippen LogP contribution in [0, 0.1) is 0 Å². The van der Waals surface area contributed by atoms with Gasteiger partial charge in [0, 0.05) is 19.3 Å². The number of aliphatic imine (C=N–C) groups is 1. The molecular weight excluding hydrogens is 353 g/mol. The lowest BCUT2D eigenvalue weighted by molar-refractivity contribution is 0.726. The van der Waals surface area contributed by atoms with Crippen LogP contribution >= 0.6 is 24.0 Å². The highest BCUT2D eigenvalue weighted by Crippen LogP contribution is 2.17.